The van der Waals surface area contributed by atoms with Crippen LogP contribution >= 0.6 is 0 Å². The van der Waals surface area contributed by atoms with Gasteiger partial charge in [-0.3, -0.25) is 14.4 Å². The van der Waals surface area contributed by atoms with Crippen LogP contribution in [0, 0.1) is 0 Å². The quantitative estimate of drug-likeness (QED) is 0.248. The van der Waals surface area contributed by atoms with Crippen LogP contribution < -0.4 is 20.3 Å². The summed E-state index contributed by atoms with van der Waals surface area (Å²) in [4.78, 5) is 25.0. The lowest BCUT2D eigenvalue weighted by atomic mass is 10.1. The van der Waals surface area contributed by atoms with Gasteiger partial charge in [0.2, 0.25) is 5.91 Å². The number of nitrogens with one attached hydrogen (secondary N) is 2. The van der Waals surface area contributed by atoms with Crippen molar-refractivity contribution in [1.29, 1.82) is 0 Å². The van der Waals surface area contributed by atoms with Crippen LogP contribution in [0.25, 0.3) is 22.2 Å². The van der Waals surface area contributed by atoms with Crippen molar-refractivity contribution in [2.75, 3.05) is 54.9 Å². The van der Waals surface area contributed by atoms with Gasteiger partial charge in [-0.2, -0.15) is 13.9 Å². The van der Waals surface area contributed by atoms with E-state index in [4.69, 9.17) is 4.74 Å². The first kappa shape index (κ1) is 27.9. The Morgan fingerprint density at radius 2 is 1.95 bits per heavy atom. The van der Waals surface area contributed by atoms with E-state index in [1.54, 1.807) is 16.9 Å². The molecule has 0 saturated carbocycles. The van der Waals surface area contributed by atoms with Crippen LogP contribution in [0.4, 0.5) is 31.7 Å². The summed E-state index contributed by atoms with van der Waals surface area (Å²) in [5.74, 6) is -0.221. The van der Waals surface area contributed by atoms with Crippen molar-refractivity contribution in [3.8, 4) is 17.0 Å². The molecule has 1 aliphatic heterocycles. The van der Waals surface area contributed by atoms with Gasteiger partial charge in [0, 0.05) is 62.9 Å². The lowest BCUT2D eigenvalue weighted by Gasteiger charge is -2.37. The van der Waals surface area contributed by atoms with Gasteiger partial charge in [-0.15, -0.1) is 0 Å². The molecule has 13 heteroatoms. The molecule has 0 atom stereocenters. The number of anilines is 4. The number of aliphatic hydroxyl groups excluding tert-OH is 1. The Balaban J connectivity index is 1.48. The Hall–Kier alpha value is -4.62. The van der Waals surface area contributed by atoms with Crippen LogP contribution in [0.1, 0.15) is 0 Å². The second kappa shape index (κ2) is 12.3. The van der Waals surface area contributed by atoms with Gasteiger partial charge in [-0.25, -0.2) is 9.97 Å². The number of aliphatic hydroxyl groups is 1. The maximum absolute atomic E-state index is 13.5. The number of halogens is 2. The molecule has 2 aromatic heterocycles. The summed E-state index contributed by atoms with van der Waals surface area (Å²) in [7, 11) is 1.86. The number of carbonyl (C=O) groups is 1. The molecule has 214 valence electrons. The zero-order chi connectivity index (χ0) is 28.9. The highest BCUT2D eigenvalue weighted by molar-refractivity contribution is 6.02. The Bertz CT molecular complexity index is 1550. The van der Waals surface area contributed by atoms with Gasteiger partial charge in [0.05, 0.1) is 41.1 Å². The third kappa shape index (κ3) is 6.42. The number of rotatable bonds is 10. The van der Waals surface area contributed by atoms with Crippen LogP contribution in [0.5, 0.6) is 5.75 Å². The number of amides is 1. The third-order valence-corrected chi connectivity index (χ3v) is 6.86. The number of carbonyl (C=O) groups excluding carboxylic acids is 1. The SMILES string of the molecule is C=CC(=O)Nc1cc(Nc2cc(-c3ccc4c(cnn4C)c3)ncn2)c(OC(F)F)cc1N1CCN(CCO)CC1. The van der Waals surface area contributed by atoms with E-state index in [0.29, 0.717) is 55.6 Å². The minimum absolute atomic E-state index is 0.0518. The molecular formula is C28H30F2N8O3. The first-order valence-electron chi connectivity index (χ1n) is 13.0. The maximum Gasteiger partial charge on any atom is 0.387 e. The van der Waals surface area contributed by atoms with Gasteiger partial charge in [-0.1, -0.05) is 12.6 Å². The Morgan fingerprint density at radius 3 is 2.68 bits per heavy atom. The topological polar surface area (TPSA) is 121 Å². The smallest absolute Gasteiger partial charge is 0.387 e. The molecule has 1 aliphatic rings. The molecule has 1 fully saturated rings. The highest BCUT2D eigenvalue weighted by Crippen LogP contribution is 2.40. The fraction of sp³-hybridized carbons (Fsp3) is 0.286. The molecule has 3 N–H and O–H groups in total. The number of alkyl halides is 2. The molecule has 5 rings (SSSR count). The second-order valence-electron chi connectivity index (χ2n) is 9.44. The Labute approximate surface area is 235 Å². The van der Waals surface area contributed by atoms with E-state index in [2.05, 4.69) is 37.2 Å². The summed E-state index contributed by atoms with van der Waals surface area (Å²) < 4.78 is 33.7. The highest BCUT2D eigenvalue weighted by atomic mass is 19.3. The summed E-state index contributed by atoms with van der Waals surface area (Å²) in [5.41, 5.74) is 3.51. The fourth-order valence-electron chi connectivity index (χ4n) is 4.80. The van der Waals surface area contributed by atoms with Gasteiger partial charge < -0.3 is 25.4 Å². The Morgan fingerprint density at radius 1 is 1.15 bits per heavy atom. The number of aromatic nitrogens is 4. The summed E-state index contributed by atoms with van der Waals surface area (Å²) in [5, 5.41) is 20.3. The average Bonchev–Trinajstić information content (AvgIpc) is 3.34. The highest BCUT2D eigenvalue weighted by Gasteiger charge is 2.23. The van der Waals surface area contributed by atoms with Crippen LogP contribution in [0.3, 0.4) is 0 Å². The zero-order valence-corrected chi connectivity index (χ0v) is 22.4. The lowest BCUT2D eigenvalue weighted by Crippen LogP contribution is -2.47. The normalized spacial score (nSPS) is 13.9. The van der Waals surface area contributed by atoms with Crippen molar-refractivity contribution < 1.29 is 23.4 Å². The van der Waals surface area contributed by atoms with Crippen molar-refractivity contribution in [3.63, 3.8) is 0 Å². The zero-order valence-electron chi connectivity index (χ0n) is 22.4. The number of aryl methyl sites for hydroxylation is 1. The van der Waals surface area contributed by atoms with Crippen molar-refractivity contribution >= 4 is 39.7 Å². The fourth-order valence-corrected chi connectivity index (χ4v) is 4.80. The number of piperazine rings is 1. The summed E-state index contributed by atoms with van der Waals surface area (Å²) in [6, 6.07) is 10.5. The van der Waals surface area contributed by atoms with Crippen molar-refractivity contribution in [3.05, 3.63) is 61.6 Å². The monoisotopic (exact) mass is 564 g/mol. The van der Waals surface area contributed by atoms with Gasteiger partial charge in [0.25, 0.3) is 0 Å². The van der Waals surface area contributed by atoms with Crippen LogP contribution in [-0.4, -0.2) is 81.6 Å². The number of β-amino-alcohol motifs (C(OH)–C–C–N with tert-alkyl or cyclic N) is 1. The molecule has 3 heterocycles. The van der Waals surface area contributed by atoms with Gasteiger partial charge in [-0.05, 0) is 24.3 Å². The van der Waals surface area contributed by atoms with Gasteiger partial charge in [0.15, 0.2) is 5.75 Å². The molecule has 11 nitrogen and oxygen atoms in total. The molecule has 1 saturated heterocycles. The third-order valence-electron chi connectivity index (χ3n) is 6.86. The molecule has 0 spiro atoms. The van der Waals surface area contributed by atoms with Gasteiger partial charge in [0.1, 0.15) is 12.1 Å². The van der Waals surface area contributed by atoms with Gasteiger partial charge >= 0.3 is 6.61 Å². The molecule has 0 aliphatic carbocycles. The first-order valence-corrected chi connectivity index (χ1v) is 13.0. The number of hydrogen-bond donors (Lipinski definition) is 3. The first-order chi connectivity index (χ1) is 19.8. The summed E-state index contributed by atoms with van der Waals surface area (Å²) in [6.45, 7) is 3.49. The standard InChI is InChI=1S/C28H30F2N8O3/c1-3-27(40)35-21-13-22(25(41-28(29)30)15-24(21)38-8-6-37(7-9-38)10-11-39)34-26-14-20(31-17-32-26)18-4-5-23-19(12-18)16-33-36(23)2/h3-5,12-17,28,39H,1,6-11H2,2H3,(H,35,40)(H,31,32,34). The van der Waals surface area contributed by atoms with E-state index in [9.17, 15) is 18.7 Å². The Kier molecular flexibility index (Phi) is 8.36. The number of hydrogen-bond acceptors (Lipinski definition) is 9. The molecule has 0 radical (unpaired) electrons. The van der Waals surface area contributed by atoms with E-state index in [-0.39, 0.29) is 18.0 Å². The van der Waals surface area contributed by atoms with E-state index in [0.717, 1.165) is 22.5 Å². The molecule has 41 heavy (non-hydrogen) atoms. The van der Waals surface area contributed by atoms with E-state index in [1.807, 2.05) is 30.1 Å². The van der Waals surface area contributed by atoms with Crippen LogP contribution in [0.2, 0.25) is 0 Å². The number of benzene rings is 2. The van der Waals surface area contributed by atoms with E-state index >= 15 is 0 Å². The van der Waals surface area contributed by atoms with Crippen LogP contribution in [0.15, 0.2) is 61.6 Å². The molecule has 0 bridgehead atoms. The molecule has 0 unspecified atom stereocenters. The average molecular weight is 565 g/mol. The lowest BCUT2D eigenvalue weighted by molar-refractivity contribution is -0.111. The van der Waals surface area contributed by atoms with E-state index in [1.165, 1.54) is 18.5 Å². The maximum atomic E-state index is 13.5. The van der Waals surface area contributed by atoms with Crippen molar-refractivity contribution in [2.24, 2.45) is 7.05 Å². The molecule has 2 aromatic carbocycles. The largest absolute Gasteiger partial charge is 0.433 e. The van der Waals surface area contributed by atoms with Crippen molar-refractivity contribution in [1.82, 2.24) is 24.6 Å². The molecule has 4 aromatic rings. The number of fused-ring (bicyclic) bond motifs is 1. The van der Waals surface area contributed by atoms with Crippen LogP contribution in [-0.2, 0) is 11.8 Å². The predicted octanol–water partition coefficient (Wildman–Crippen LogP) is 3.61. The molecule has 1 amide bonds. The van der Waals surface area contributed by atoms with E-state index < -0.39 is 12.5 Å². The molecular weight excluding hydrogens is 534 g/mol. The summed E-state index contributed by atoms with van der Waals surface area (Å²) in [6.07, 6.45) is 4.27. The second-order valence-corrected chi connectivity index (χ2v) is 9.44. The minimum Gasteiger partial charge on any atom is -0.433 e. The summed E-state index contributed by atoms with van der Waals surface area (Å²) >= 11 is 0. The predicted molar refractivity (Wildman–Crippen MR) is 153 cm³/mol. The number of ether oxygens (including phenoxy) is 1. The number of nitrogens with zero attached hydrogens (tertiary/aromatic N) is 6. The minimum atomic E-state index is -3.08. The van der Waals surface area contributed by atoms with Crippen molar-refractivity contribution in [2.45, 2.75) is 6.61 Å².